The molecule has 148 valence electrons. The van der Waals surface area contributed by atoms with Crippen LogP contribution in [0.2, 0.25) is 0 Å². The maximum atomic E-state index is 5.91. The maximum Gasteiger partial charge on any atom is 0.193 e. The minimum atomic E-state index is 0. The first-order valence-corrected chi connectivity index (χ1v) is 9.29. The highest BCUT2D eigenvalue weighted by atomic mass is 127. The van der Waals surface area contributed by atoms with Crippen LogP contribution in [0, 0.1) is 19.8 Å². The standard InChI is InChI=1S/C21H29N3O2.HI/c1-16-11-20(17(2)26-16)12-23-21(22-3)24-10-9-19(13-24)15-25-14-18-7-5-4-6-8-18;/h4-8,11,19H,9-10,12-15H2,1-3H3,(H,22,23);1H. The average Bonchev–Trinajstić information content (AvgIpc) is 3.23. The van der Waals surface area contributed by atoms with E-state index in [0.717, 1.165) is 50.1 Å². The van der Waals surface area contributed by atoms with Gasteiger partial charge in [0.2, 0.25) is 0 Å². The van der Waals surface area contributed by atoms with Crippen LogP contribution >= 0.6 is 24.0 Å². The number of nitrogens with zero attached hydrogens (tertiary/aromatic N) is 2. The van der Waals surface area contributed by atoms with Crippen LogP contribution in [0.4, 0.5) is 0 Å². The molecule has 1 N–H and O–H groups in total. The van der Waals surface area contributed by atoms with Gasteiger partial charge in [0.15, 0.2) is 5.96 Å². The van der Waals surface area contributed by atoms with Crippen molar-refractivity contribution in [3.63, 3.8) is 0 Å². The third kappa shape index (κ3) is 6.24. The summed E-state index contributed by atoms with van der Waals surface area (Å²) in [6.45, 7) is 8.20. The molecule has 0 saturated carbocycles. The largest absolute Gasteiger partial charge is 0.466 e. The van der Waals surface area contributed by atoms with Crippen LogP contribution in [0.25, 0.3) is 0 Å². The molecular formula is C21H30IN3O2. The predicted octanol–water partition coefficient (Wildman–Crippen LogP) is 4.13. The number of ether oxygens (including phenoxy) is 1. The first-order valence-electron chi connectivity index (χ1n) is 9.29. The van der Waals surface area contributed by atoms with Crippen LogP contribution in [0.3, 0.4) is 0 Å². The quantitative estimate of drug-likeness (QED) is 0.382. The number of nitrogens with one attached hydrogen (secondary N) is 1. The number of likely N-dealkylation sites (tertiary alicyclic amines) is 1. The lowest BCUT2D eigenvalue weighted by molar-refractivity contribution is 0.0906. The van der Waals surface area contributed by atoms with Gasteiger partial charge < -0.3 is 19.4 Å². The van der Waals surface area contributed by atoms with E-state index in [1.54, 1.807) is 0 Å². The predicted molar refractivity (Wildman–Crippen MR) is 120 cm³/mol. The van der Waals surface area contributed by atoms with E-state index in [9.17, 15) is 0 Å². The molecule has 3 rings (SSSR count). The molecule has 1 saturated heterocycles. The van der Waals surface area contributed by atoms with Crippen LogP contribution in [-0.4, -0.2) is 37.6 Å². The van der Waals surface area contributed by atoms with Crippen LogP contribution in [-0.2, 0) is 17.9 Å². The smallest absolute Gasteiger partial charge is 0.193 e. The highest BCUT2D eigenvalue weighted by molar-refractivity contribution is 14.0. The van der Waals surface area contributed by atoms with Gasteiger partial charge in [0.05, 0.1) is 13.2 Å². The van der Waals surface area contributed by atoms with Crippen molar-refractivity contribution < 1.29 is 9.15 Å². The summed E-state index contributed by atoms with van der Waals surface area (Å²) in [6.07, 6.45) is 1.14. The van der Waals surface area contributed by atoms with Crippen molar-refractivity contribution in [1.82, 2.24) is 10.2 Å². The zero-order valence-corrected chi connectivity index (χ0v) is 18.7. The van der Waals surface area contributed by atoms with E-state index < -0.39 is 0 Å². The molecular weight excluding hydrogens is 453 g/mol. The number of halogens is 1. The van der Waals surface area contributed by atoms with Crippen molar-refractivity contribution in [2.45, 2.75) is 33.4 Å². The second-order valence-electron chi connectivity index (χ2n) is 6.94. The van der Waals surface area contributed by atoms with E-state index in [1.807, 2.05) is 27.0 Å². The van der Waals surface area contributed by atoms with Crippen LogP contribution in [0.5, 0.6) is 0 Å². The Balaban J connectivity index is 0.00000261. The highest BCUT2D eigenvalue weighted by Crippen LogP contribution is 2.18. The molecule has 0 bridgehead atoms. The fourth-order valence-electron chi connectivity index (χ4n) is 3.44. The lowest BCUT2D eigenvalue weighted by Gasteiger charge is -2.21. The summed E-state index contributed by atoms with van der Waals surface area (Å²) >= 11 is 0. The normalized spacial score (nSPS) is 17.1. The van der Waals surface area contributed by atoms with Gasteiger partial charge >= 0.3 is 0 Å². The van der Waals surface area contributed by atoms with Gasteiger partial charge in [-0.05, 0) is 31.9 Å². The SMILES string of the molecule is CN=C(NCc1cc(C)oc1C)N1CCC(COCc2ccccc2)C1.I. The van der Waals surface area contributed by atoms with Gasteiger partial charge in [-0.25, -0.2) is 0 Å². The highest BCUT2D eigenvalue weighted by Gasteiger charge is 2.25. The Morgan fingerprint density at radius 1 is 1.30 bits per heavy atom. The molecule has 1 unspecified atom stereocenters. The Labute approximate surface area is 179 Å². The summed E-state index contributed by atoms with van der Waals surface area (Å²) in [7, 11) is 1.84. The van der Waals surface area contributed by atoms with Crippen molar-refractivity contribution >= 4 is 29.9 Å². The molecule has 6 heteroatoms. The molecule has 2 heterocycles. The van der Waals surface area contributed by atoms with Crippen molar-refractivity contribution in [2.24, 2.45) is 10.9 Å². The molecule has 27 heavy (non-hydrogen) atoms. The molecule has 1 fully saturated rings. The van der Waals surface area contributed by atoms with E-state index >= 15 is 0 Å². The summed E-state index contributed by atoms with van der Waals surface area (Å²) in [5.41, 5.74) is 2.41. The number of benzene rings is 1. The van der Waals surface area contributed by atoms with Crippen molar-refractivity contribution in [2.75, 3.05) is 26.7 Å². The van der Waals surface area contributed by atoms with Crippen LogP contribution in [0.1, 0.15) is 29.1 Å². The van der Waals surface area contributed by atoms with Gasteiger partial charge in [-0.15, -0.1) is 24.0 Å². The molecule has 1 aromatic carbocycles. The van der Waals surface area contributed by atoms with Gasteiger partial charge in [0, 0.05) is 38.2 Å². The van der Waals surface area contributed by atoms with E-state index in [1.165, 1.54) is 11.1 Å². The van der Waals surface area contributed by atoms with E-state index in [-0.39, 0.29) is 24.0 Å². The van der Waals surface area contributed by atoms with Crippen LogP contribution < -0.4 is 5.32 Å². The number of hydrogen-bond donors (Lipinski definition) is 1. The zero-order chi connectivity index (χ0) is 18.4. The number of furan rings is 1. The van der Waals surface area contributed by atoms with Gasteiger partial charge in [0.1, 0.15) is 11.5 Å². The van der Waals surface area contributed by atoms with E-state index in [2.05, 4.69) is 45.5 Å². The Kier molecular flexibility index (Phi) is 8.63. The fraction of sp³-hybridized carbons (Fsp3) is 0.476. The average molecular weight is 483 g/mol. The van der Waals surface area contributed by atoms with E-state index in [4.69, 9.17) is 9.15 Å². The fourth-order valence-corrected chi connectivity index (χ4v) is 3.44. The van der Waals surface area contributed by atoms with Crippen molar-refractivity contribution in [3.05, 3.63) is 59.0 Å². The monoisotopic (exact) mass is 483 g/mol. The lowest BCUT2D eigenvalue weighted by atomic mass is 10.1. The second kappa shape index (κ2) is 10.7. The number of hydrogen-bond acceptors (Lipinski definition) is 3. The Morgan fingerprint density at radius 3 is 2.74 bits per heavy atom. The molecule has 0 radical (unpaired) electrons. The van der Waals surface area contributed by atoms with Crippen molar-refractivity contribution in [1.29, 1.82) is 0 Å². The molecule has 0 amide bonds. The third-order valence-electron chi connectivity index (χ3n) is 4.84. The first-order chi connectivity index (χ1) is 12.7. The summed E-state index contributed by atoms with van der Waals surface area (Å²) in [4.78, 5) is 6.76. The molecule has 5 nitrogen and oxygen atoms in total. The topological polar surface area (TPSA) is 50.0 Å². The van der Waals surface area contributed by atoms with Gasteiger partial charge in [-0.3, -0.25) is 4.99 Å². The minimum Gasteiger partial charge on any atom is -0.466 e. The number of guanidine groups is 1. The number of aryl methyl sites for hydroxylation is 2. The molecule has 0 spiro atoms. The molecule has 2 aromatic rings. The Morgan fingerprint density at radius 2 is 2.07 bits per heavy atom. The Bertz CT molecular complexity index is 730. The van der Waals surface area contributed by atoms with Crippen molar-refractivity contribution in [3.8, 4) is 0 Å². The summed E-state index contributed by atoms with van der Waals surface area (Å²) in [6, 6.07) is 12.4. The third-order valence-corrected chi connectivity index (χ3v) is 4.84. The number of rotatable bonds is 6. The van der Waals surface area contributed by atoms with Crippen LogP contribution in [0.15, 0.2) is 45.8 Å². The van der Waals surface area contributed by atoms with Gasteiger partial charge in [-0.1, -0.05) is 30.3 Å². The zero-order valence-electron chi connectivity index (χ0n) is 16.4. The minimum absolute atomic E-state index is 0. The molecule has 0 aliphatic carbocycles. The summed E-state index contributed by atoms with van der Waals surface area (Å²) in [5.74, 6) is 3.43. The first kappa shape index (κ1) is 21.8. The lowest BCUT2D eigenvalue weighted by Crippen LogP contribution is -2.39. The molecule has 1 atom stereocenters. The maximum absolute atomic E-state index is 5.91. The van der Waals surface area contributed by atoms with Gasteiger partial charge in [-0.2, -0.15) is 0 Å². The number of aliphatic imine (C=N–C) groups is 1. The summed E-state index contributed by atoms with van der Waals surface area (Å²) in [5, 5.41) is 3.46. The van der Waals surface area contributed by atoms with Gasteiger partial charge in [0.25, 0.3) is 0 Å². The summed E-state index contributed by atoms with van der Waals surface area (Å²) < 4.78 is 11.5. The molecule has 1 aromatic heterocycles. The molecule has 1 aliphatic heterocycles. The second-order valence-corrected chi connectivity index (χ2v) is 6.94. The molecule has 1 aliphatic rings. The van der Waals surface area contributed by atoms with E-state index in [0.29, 0.717) is 12.5 Å². The Hall–Kier alpha value is -1.54.